The zero-order valence-corrected chi connectivity index (χ0v) is 12.2. The normalized spacial score (nSPS) is 30.9. The topological polar surface area (TPSA) is 33.1 Å². The molecule has 0 radical (unpaired) electrons. The number of aryl methyl sites for hydroxylation is 1. The molecule has 2 atom stereocenters. The highest BCUT2D eigenvalue weighted by Gasteiger charge is 2.37. The van der Waals surface area contributed by atoms with Crippen LogP contribution in [0.25, 0.3) is 0 Å². The molecule has 1 N–H and O–H groups in total. The average molecular weight is 262 g/mol. The first kappa shape index (κ1) is 13.1. The molecule has 4 nitrogen and oxygen atoms in total. The maximum Gasteiger partial charge on any atom is 0.0534 e. The molecule has 0 amide bonds. The summed E-state index contributed by atoms with van der Waals surface area (Å²) in [7, 11) is 2.31. The summed E-state index contributed by atoms with van der Waals surface area (Å²) in [4.78, 5) is 2.61. The molecule has 2 fully saturated rings. The monoisotopic (exact) mass is 262 g/mol. The Balaban J connectivity index is 1.43. The summed E-state index contributed by atoms with van der Waals surface area (Å²) in [6.45, 7) is 5.21. The van der Waals surface area contributed by atoms with Gasteiger partial charge in [0.15, 0.2) is 0 Å². The predicted molar refractivity (Wildman–Crippen MR) is 76.9 cm³/mol. The highest BCUT2D eigenvalue weighted by Crippen LogP contribution is 2.36. The summed E-state index contributed by atoms with van der Waals surface area (Å²) in [6.07, 6.45) is 9.73. The van der Waals surface area contributed by atoms with Gasteiger partial charge >= 0.3 is 0 Å². The molecule has 106 valence electrons. The Kier molecular flexibility index (Phi) is 3.89. The Morgan fingerprint density at radius 2 is 2.05 bits per heavy atom. The van der Waals surface area contributed by atoms with Crippen molar-refractivity contribution in [1.82, 2.24) is 20.0 Å². The maximum absolute atomic E-state index is 4.31. The number of nitrogens with zero attached hydrogens (tertiary/aromatic N) is 3. The first-order valence-electron chi connectivity index (χ1n) is 7.70. The van der Waals surface area contributed by atoms with Crippen LogP contribution in [0.4, 0.5) is 0 Å². The lowest BCUT2D eigenvalue weighted by Crippen LogP contribution is -2.42. The van der Waals surface area contributed by atoms with E-state index in [0.29, 0.717) is 0 Å². The van der Waals surface area contributed by atoms with Gasteiger partial charge in [-0.2, -0.15) is 5.10 Å². The third kappa shape index (κ3) is 2.84. The second kappa shape index (κ2) is 5.63. The van der Waals surface area contributed by atoms with Gasteiger partial charge in [0.2, 0.25) is 0 Å². The molecule has 1 aromatic rings. The fraction of sp³-hybridized carbons (Fsp3) is 0.800. The summed E-state index contributed by atoms with van der Waals surface area (Å²) in [6, 6.07) is 1.71. The van der Waals surface area contributed by atoms with Crippen molar-refractivity contribution in [2.45, 2.75) is 57.8 Å². The van der Waals surface area contributed by atoms with E-state index in [1.54, 1.807) is 0 Å². The van der Waals surface area contributed by atoms with Gasteiger partial charge in [-0.3, -0.25) is 4.68 Å². The number of nitrogens with one attached hydrogen (secondary N) is 1. The molecule has 2 unspecified atom stereocenters. The molecule has 19 heavy (non-hydrogen) atoms. The van der Waals surface area contributed by atoms with E-state index in [2.05, 4.69) is 35.5 Å². The Bertz CT molecular complexity index is 400. The number of rotatable bonds is 5. The molecule has 0 saturated carbocycles. The van der Waals surface area contributed by atoms with Crippen molar-refractivity contribution >= 4 is 0 Å². The number of hydrogen-bond donors (Lipinski definition) is 1. The van der Waals surface area contributed by atoms with E-state index in [-0.39, 0.29) is 0 Å². The number of aromatic nitrogens is 2. The van der Waals surface area contributed by atoms with Gasteiger partial charge < -0.3 is 10.2 Å². The molecule has 3 rings (SSSR count). The van der Waals surface area contributed by atoms with Crippen molar-refractivity contribution in [3.63, 3.8) is 0 Å². The molecule has 2 saturated heterocycles. The Labute approximate surface area is 116 Å². The lowest BCUT2D eigenvalue weighted by Gasteiger charge is -2.36. The average Bonchev–Trinajstić information content (AvgIpc) is 2.93. The van der Waals surface area contributed by atoms with E-state index < -0.39 is 0 Å². The predicted octanol–water partition coefficient (Wildman–Crippen LogP) is 1.87. The molecule has 4 heteroatoms. The van der Waals surface area contributed by atoms with Gasteiger partial charge in [0.1, 0.15) is 0 Å². The molecule has 3 heterocycles. The van der Waals surface area contributed by atoms with Gasteiger partial charge in [-0.1, -0.05) is 0 Å². The molecule has 0 aliphatic carbocycles. The van der Waals surface area contributed by atoms with E-state index in [9.17, 15) is 0 Å². The van der Waals surface area contributed by atoms with Crippen LogP contribution in [0, 0.1) is 5.92 Å². The fourth-order valence-electron chi connectivity index (χ4n) is 3.78. The number of hydrogen-bond acceptors (Lipinski definition) is 3. The standard InChI is InChI=1S/C15H26N4/c1-3-19-11-13(10-17-19)9-16-8-12-6-14-4-5-15(7-12)18(14)2/h10-12,14-16H,3-9H2,1-2H3. The largest absolute Gasteiger partial charge is 0.312 e. The van der Waals surface area contributed by atoms with Crippen LogP contribution in [0.1, 0.15) is 38.2 Å². The van der Waals surface area contributed by atoms with Crippen LogP contribution < -0.4 is 5.32 Å². The third-order valence-electron chi connectivity index (χ3n) is 4.97. The van der Waals surface area contributed by atoms with Crippen LogP contribution in [-0.2, 0) is 13.1 Å². The molecule has 0 aromatic carbocycles. The van der Waals surface area contributed by atoms with Crippen molar-refractivity contribution in [2.24, 2.45) is 5.92 Å². The highest BCUT2D eigenvalue weighted by molar-refractivity contribution is 5.03. The maximum atomic E-state index is 4.31. The van der Waals surface area contributed by atoms with Gasteiger partial charge in [0, 0.05) is 36.9 Å². The molecule has 0 spiro atoms. The van der Waals surface area contributed by atoms with Crippen molar-refractivity contribution in [3.05, 3.63) is 18.0 Å². The summed E-state index contributed by atoms with van der Waals surface area (Å²) >= 11 is 0. The van der Waals surface area contributed by atoms with Crippen LogP contribution >= 0.6 is 0 Å². The van der Waals surface area contributed by atoms with E-state index >= 15 is 0 Å². The first-order valence-corrected chi connectivity index (χ1v) is 7.70. The van der Waals surface area contributed by atoms with E-state index in [4.69, 9.17) is 0 Å². The van der Waals surface area contributed by atoms with Crippen LogP contribution in [0.5, 0.6) is 0 Å². The zero-order chi connectivity index (χ0) is 13.2. The quantitative estimate of drug-likeness (QED) is 0.879. The molecular weight excluding hydrogens is 236 g/mol. The van der Waals surface area contributed by atoms with Crippen molar-refractivity contribution < 1.29 is 0 Å². The van der Waals surface area contributed by atoms with Crippen LogP contribution in [0.3, 0.4) is 0 Å². The fourth-order valence-corrected chi connectivity index (χ4v) is 3.78. The summed E-state index contributed by atoms with van der Waals surface area (Å²) in [5, 5.41) is 7.93. The van der Waals surface area contributed by atoms with E-state index in [0.717, 1.165) is 37.6 Å². The molecule has 2 aliphatic rings. The van der Waals surface area contributed by atoms with Crippen molar-refractivity contribution in [1.29, 1.82) is 0 Å². The highest BCUT2D eigenvalue weighted by atomic mass is 15.3. The second-order valence-electron chi connectivity index (χ2n) is 6.22. The Hall–Kier alpha value is -0.870. The van der Waals surface area contributed by atoms with Gasteiger partial charge in [-0.25, -0.2) is 0 Å². The van der Waals surface area contributed by atoms with Gasteiger partial charge in [-0.05, 0) is 52.1 Å². The van der Waals surface area contributed by atoms with Gasteiger partial charge in [0.25, 0.3) is 0 Å². The zero-order valence-electron chi connectivity index (χ0n) is 12.2. The summed E-state index contributed by atoms with van der Waals surface area (Å²) in [5.74, 6) is 0.870. The minimum atomic E-state index is 0.855. The van der Waals surface area contributed by atoms with Crippen molar-refractivity contribution in [3.8, 4) is 0 Å². The minimum Gasteiger partial charge on any atom is -0.312 e. The molecule has 1 aromatic heterocycles. The smallest absolute Gasteiger partial charge is 0.0534 e. The molecule has 2 aliphatic heterocycles. The number of piperidine rings is 1. The Morgan fingerprint density at radius 1 is 1.32 bits per heavy atom. The lowest BCUT2D eigenvalue weighted by atomic mass is 9.91. The van der Waals surface area contributed by atoms with E-state index in [1.807, 2.05) is 10.9 Å². The molecular formula is C15H26N4. The Morgan fingerprint density at radius 3 is 2.68 bits per heavy atom. The minimum absolute atomic E-state index is 0.855. The number of fused-ring (bicyclic) bond motifs is 2. The van der Waals surface area contributed by atoms with Gasteiger partial charge in [0.05, 0.1) is 6.20 Å². The van der Waals surface area contributed by atoms with Crippen molar-refractivity contribution in [2.75, 3.05) is 13.6 Å². The summed E-state index contributed by atoms with van der Waals surface area (Å²) < 4.78 is 1.99. The molecule has 2 bridgehead atoms. The van der Waals surface area contributed by atoms with Crippen LogP contribution in [-0.4, -0.2) is 40.4 Å². The first-order chi connectivity index (χ1) is 9.26. The SMILES string of the molecule is CCn1cc(CNCC2CC3CCC(C2)N3C)cn1. The van der Waals surface area contributed by atoms with Crippen LogP contribution in [0.2, 0.25) is 0 Å². The third-order valence-corrected chi connectivity index (χ3v) is 4.97. The summed E-state index contributed by atoms with van der Waals surface area (Å²) in [5.41, 5.74) is 1.30. The lowest BCUT2D eigenvalue weighted by molar-refractivity contribution is 0.133. The van der Waals surface area contributed by atoms with E-state index in [1.165, 1.54) is 31.2 Å². The second-order valence-corrected chi connectivity index (χ2v) is 6.22. The van der Waals surface area contributed by atoms with Crippen LogP contribution in [0.15, 0.2) is 12.4 Å². The van der Waals surface area contributed by atoms with Gasteiger partial charge in [-0.15, -0.1) is 0 Å².